The van der Waals surface area contributed by atoms with Crippen LogP contribution in [0.15, 0.2) is 15.3 Å². The molecule has 0 saturated carbocycles. The van der Waals surface area contributed by atoms with E-state index >= 15 is 0 Å². The van der Waals surface area contributed by atoms with Gasteiger partial charge in [-0.15, -0.1) is 0 Å². The number of aliphatic hydroxyl groups is 2. The predicted molar refractivity (Wildman–Crippen MR) is 62.1 cm³/mol. The summed E-state index contributed by atoms with van der Waals surface area (Å²) in [5.41, 5.74) is -0.125. The third-order valence-electron chi connectivity index (χ3n) is 2.53. The number of aliphatic hydroxyl groups excluding tert-OH is 2. The van der Waals surface area contributed by atoms with E-state index in [1.165, 1.54) is 13.2 Å². The van der Waals surface area contributed by atoms with Gasteiger partial charge in [-0.3, -0.25) is 0 Å². The molecular weight excluding hydrogens is 224 g/mol. The summed E-state index contributed by atoms with van der Waals surface area (Å²) in [5, 5.41) is 18.9. The molecule has 1 aromatic rings. The first kappa shape index (κ1) is 13.7. The maximum Gasteiger partial charge on any atom is 0.339 e. The molecule has 17 heavy (non-hydrogen) atoms. The van der Waals surface area contributed by atoms with Crippen LogP contribution in [0.1, 0.15) is 31.1 Å². The standard InChI is InChI=1S/C12H18O5/c1-3-4-8(14)5-11-9(7-13)10(16-2)6-12(15)17-11/h6,8,13-14H,3-5,7H2,1-2H3/t8-/m0/s1. The van der Waals surface area contributed by atoms with Crippen LogP contribution >= 0.6 is 0 Å². The van der Waals surface area contributed by atoms with Gasteiger partial charge in [0, 0.05) is 6.42 Å². The van der Waals surface area contributed by atoms with Crippen LogP contribution in [0.3, 0.4) is 0 Å². The van der Waals surface area contributed by atoms with Gasteiger partial charge in [0.05, 0.1) is 31.5 Å². The van der Waals surface area contributed by atoms with Crippen LogP contribution < -0.4 is 10.4 Å². The van der Waals surface area contributed by atoms with Crippen LogP contribution in [-0.4, -0.2) is 23.4 Å². The molecule has 1 rings (SSSR count). The predicted octanol–water partition coefficient (Wildman–Crippen LogP) is 0.844. The fraction of sp³-hybridized carbons (Fsp3) is 0.583. The molecule has 0 spiro atoms. The van der Waals surface area contributed by atoms with Gasteiger partial charge in [-0.1, -0.05) is 13.3 Å². The van der Waals surface area contributed by atoms with E-state index in [0.717, 1.165) is 6.42 Å². The minimum absolute atomic E-state index is 0.205. The van der Waals surface area contributed by atoms with Crippen molar-refractivity contribution in [1.29, 1.82) is 0 Å². The first-order chi connectivity index (χ1) is 8.12. The van der Waals surface area contributed by atoms with Crippen LogP contribution in [0.4, 0.5) is 0 Å². The van der Waals surface area contributed by atoms with Gasteiger partial charge in [0.25, 0.3) is 0 Å². The summed E-state index contributed by atoms with van der Waals surface area (Å²) in [5.74, 6) is 0.584. The monoisotopic (exact) mass is 242 g/mol. The van der Waals surface area contributed by atoms with Crippen LogP contribution in [0.5, 0.6) is 5.75 Å². The molecular formula is C12H18O5. The molecule has 0 unspecified atom stereocenters. The van der Waals surface area contributed by atoms with E-state index in [-0.39, 0.29) is 18.8 Å². The second-order valence-electron chi connectivity index (χ2n) is 3.84. The van der Waals surface area contributed by atoms with Crippen LogP contribution in [0, 0.1) is 0 Å². The second-order valence-corrected chi connectivity index (χ2v) is 3.84. The molecule has 0 fully saturated rings. The summed E-state index contributed by atoms with van der Waals surface area (Å²) in [7, 11) is 1.42. The number of hydrogen-bond donors (Lipinski definition) is 2. The summed E-state index contributed by atoms with van der Waals surface area (Å²) in [6, 6.07) is 1.18. The molecule has 0 aliphatic rings. The molecule has 2 N–H and O–H groups in total. The smallest absolute Gasteiger partial charge is 0.339 e. The minimum atomic E-state index is -0.583. The Labute approximate surface area is 99.7 Å². The maximum atomic E-state index is 11.3. The Hall–Kier alpha value is -1.33. The van der Waals surface area contributed by atoms with Crippen molar-refractivity contribution in [2.75, 3.05) is 7.11 Å². The highest BCUT2D eigenvalue weighted by molar-refractivity contribution is 5.33. The molecule has 0 aliphatic carbocycles. The fourth-order valence-corrected chi connectivity index (χ4v) is 1.71. The Morgan fingerprint density at radius 1 is 1.53 bits per heavy atom. The molecule has 0 bridgehead atoms. The lowest BCUT2D eigenvalue weighted by Gasteiger charge is -2.13. The fourth-order valence-electron chi connectivity index (χ4n) is 1.71. The van der Waals surface area contributed by atoms with Crippen molar-refractivity contribution < 1.29 is 19.4 Å². The lowest BCUT2D eigenvalue weighted by Crippen LogP contribution is -2.15. The van der Waals surface area contributed by atoms with E-state index in [9.17, 15) is 15.0 Å². The molecule has 1 heterocycles. The Morgan fingerprint density at radius 2 is 2.24 bits per heavy atom. The molecule has 0 aromatic carbocycles. The molecule has 5 nitrogen and oxygen atoms in total. The van der Waals surface area contributed by atoms with Crippen LogP contribution in [0.25, 0.3) is 0 Å². The Morgan fingerprint density at radius 3 is 2.76 bits per heavy atom. The first-order valence-corrected chi connectivity index (χ1v) is 5.61. The van der Waals surface area contributed by atoms with Crippen LogP contribution in [0.2, 0.25) is 0 Å². The molecule has 0 amide bonds. The zero-order chi connectivity index (χ0) is 12.8. The van der Waals surface area contributed by atoms with Gasteiger partial charge >= 0.3 is 5.63 Å². The molecule has 0 radical (unpaired) electrons. The van der Waals surface area contributed by atoms with E-state index in [4.69, 9.17) is 9.15 Å². The summed E-state index contributed by atoms with van der Waals surface area (Å²) >= 11 is 0. The summed E-state index contributed by atoms with van der Waals surface area (Å²) in [6.45, 7) is 1.67. The number of ether oxygens (including phenoxy) is 1. The SMILES string of the molecule is CCC[C@H](O)Cc1oc(=O)cc(OC)c1CO. The lowest BCUT2D eigenvalue weighted by molar-refractivity contribution is 0.153. The van der Waals surface area contributed by atoms with Crippen molar-refractivity contribution in [3.63, 3.8) is 0 Å². The van der Waals surface area contributed by atoms with Crippen molar-refractivity contribution in [1.82, 2.24) is 0 Å². The van der Waals surface area contributed by atoms with Crippen molar-refractivity contribution in [3.8, 4) is 5.75 Å². The van der Waals surface area contributed by atoms with Crippen LogP contribution in [-0.2, 0) is 13.0 Å². The lowest BCUT2D eigenvalue weighted by atomic mass is 10.1. The number of rotatable bonds is 6. The summed E-state index contributed by atoms with van der Waals surface area (Å²) in [4.78, 5) is 11.3. The Kier molecular flexibility index (Phi) is 5.18. The van der Waals surface area contributed by atoms with E-state index in [2.05, 4.69) is 0 Å². The van der Waals surface area contributed by atoms with Gasteiger partial charge in [-0.05, 0) is 6.42 Å². The molecule has 1 aromatic heterocycles. The van der Waals surface area contributed by atoms with Gasteiger partial charge in [-0.25, -0.2) is 4.79 Å². The quantitative estimate of drug-likeness (QED) is 0.772. The van der Waals surface area contributed by atoms with E-state index < -0.39 is 11.7 Å². The zero-order valence-corrected chi connectivity index (χ0v) is 10.1. The van der Waals surface area contributed by atoms with Gasteiger partial charge < -0.3 is 19.4 Å². The Balaban J connectivity index is 3.04. The van der Waals surface area contributed by atoms with Gasteiger partial charge in [0.15, 0.2) is 0 Å². The first-order valence-electron chi connectivity index (χ1n) is 5.61. The average Bonchev–Trinajstić information content (AvgIpc) is 2.28. The van der Waals surface area contributed by atoms with Crippen molar-refractivity contribution in [3.05, 3.63) is 27.8 Å². The molecule has 5 heteroatoms. The summed E-state index contributed by atoms with van der Waals surface area (Å²) in [6.07, 6.45) is 1.08. The van der Waals surface area contributed by atoms with E-state index in [1.807, 2.05) is 6.92 Å². The van der Waals surface area contributed by atoms with E-state index in [1.54, 1.807) is 0 Å². The molecule has 96 valence electrons. The van der Waals surface area contributed by atoms with Crippen molar-refractivity contribution >= 4 is 0 Å². The number of methoxy groups -OCH3 is 1. The molecule has 0 saturated heterocycles. The maximum absolute atomic E-state index is 11.3. The van der Waals surface area contributed by atoms with Gasteiger partial charge in [0.1, 0.15) is 11.5 Å². The normalized spacial score (nSPS) is 12.5. The highest BCUT2D eigenvalue weighted by Crippen LogP contribution is 2.21. The largest absolute Gasteiger partial charge is 0.496 e. The third-order valence-corrected chi connectivity index (χ3v) is 2.53. The molecule has 1 atom stereocenters. The zero-order valence-electron chi connectivity index (χ0n) is 10.1. The van der Waals surface area contributed by atoms with Gasteiger partial charge in [-0.2, -0.15) is 0 Å². The van der Waals surface area contributed by atoms with E-state index in [0.29, 0.717) is 17.7 Å². The molecule has 0 aliphatic heterocycles. The van der Waals surface area contributed by atoms with Crippen molar-refractivity contribution in [2.45, 2.75) is 38.9 Å². The third kappa shape index (κ3) is 3.57. The summed E-state index contributed by atoms with van der Waals surface area (Å²) < 4.78 is 10.0. The number of hydrogen-bond acceptors (Lipinski definition) is 5. The minimum Gasteiger partial charge on any atom is -0.496 e. The Bertz CT molecular complexity index is 410. The highest BCUT2D eigenvalue weighted by atomic mass is 16.5. The van der Waals surface area contributed by atoms with Crippen molar-refractivity contribution in [2.24, 2.45) is 0 Å². The topological polar surface area (TPSA) is 79.9 Å². The second kappa shape index (κ2) is 6.42. The highest BCUT2D eigenvalue weighted by Gasteiger charge is 2.16. The van der Waals surface area contributed by atoms with Gasteiger partial charge in [0.2, 0.25) is 0 Å². The average molecular weight is 242 g/mol.